The minimum Gasteiger partial charge on any atom is -0.436 e. The van der Waals surface area contributed by atoms with E-state index in [0.717, 1.165) is 19.0 Å². The number of hydrogen-bond donors (Lipinski definition) is 1. The first-order chi connectivity index (χ1) is 9.76. The highest BCUT2D eigenvalue weighted by Crippen LogP contribution is 2.28. The number of hydrogen-bond acceptors (Lipinski definition) is 4. The third-order valence-corrected chi connectivity index (χ3v) is 3.47. The fourth-order valence-electron chi connectivity index (χ4n) is 2.43. The number of aryl methyl sites for hydroxylation is 2. The molecule has 1 aromatic carbocycles. The van der Waals surface area contributed by atoms with Crippen molar-refractivity contribution >= 4 is 5.95 Å². The number of halogens is 1. The van der Waals surface area contributed by atoms with Crippen molar-refractivity contribution < 1.29 is 9.13 Å². The van der Waals surface area contributed by atoms with Gasteiger partial charge in [0.05, 0.1) is 6.20 Å². The van der Waals surface area contributed by atoms with Gasteiger partial charge in [0.2, 0.25) is 11.8 Å². The second-order valence-corrected chi connectivity index (χ2v) is 4.84. The molecule has 20 heavy (non-hydrogen) atoms. The zero-order valence-electron chi connectivity index (χ0n) is 11.3. The molecule has 3 rings (SSSR count). The third kappa shape index (κ3) is 2.57. The summed E-state index contributed by atoms with van der Waals surface area (Å²) in [4.78, 5) is 7.77. The van der Waals surface area contributed by atoms with E-state index in [1.54, 1.807) is 7.05 Å². The van der Waals surface area contributed by atoms with E-state index < -0.39 is 5.82 Å². The number of aromatic nitrogens is 2. The zero-order valence-corrected chi connectivity index (χ0v) is 11.3. The molecule has 0 saturated carbocycles. The fraction of sp³-hybridized carbons (Fsp3) is 0.333. The van der Waals surface area contributed by atoms with Gasteiger partial charge in [-0.2, -0.15) is 9.37 Å². The van der Waals surface area contributed by atoms with E-state index in [-0.39, 0.29) is 5.88 Å². The Bertz CT molecular complexity index is 631. The van der Waals surface area contributed by atoms with E-state index >= 15 is 0 Å². The lowest BCUT2D eigenvalue weighted by Gasteiger charge is -2.16. The van der Waals surface area contributed by atoms with Crippen LogP contribution in [-0.4, -0.2) is 17.0 Å². The van der Waals surface area contributed by atoms with Crippen LogP contribution in [0.15, 0.2) is 24.4 Å². The maximum Gasteiger partial charge on any atom is 0.260 e. The summed E-state index contributed by atoms with van der Waals surface area (Å²) < 4.78 is 19.2. The minimum atomic E-state index is -0.568. The Labute approximate surface area is 117 Å². The summed E-state index contributed by atoms with van der Waals surface area (Å²) in [5.41, 5.74) is 2.65. The van der Waals surface area contributed by atoms with Gasteiger partial charge in [0.1, 0.15) is 5.75 Å². The summed E-state index contributed by atoms with van der Waals surface area (Å²) in [6.07, 6.45) is 5.70. The average molecular weight is 273 g/mol. The molecule has 0 spiro atoms. The van der Waals surface area contributed by atoms with Gasteiger partial charge in [-0.1, -0.05) is 6.07 Å². The lowest BCUT2D eigenvalue weighted by atomic mass is 9.92. The van der Waals surface area contributed by atoms with Crippen LogP contribution in [0.3, 0.4) is 0 Å². The first-order valence-corrected chi connectivity index (χ1v) is 6.76. The SMILES string of the molecule is CNc1ncc(F)c(Oc2ccc3c(c2)CCCC3)n1. The smallest absolute Gasteiger partial charge is 0.260 e. The van der Waals surface area contributed by atoms with Crippen LogP contribution >= 0.6 is 0 Å². The number of ether oxygens (including phenoxy) is 1. The fourth-order valence-corrected chi connectivity index (χ4v) is 2.43. The largest absolute Gasteiger partial charge is 0.436 e. The van der Waals surface area contributed by atoms with Crippen molar-refractivity contribution in [1.82, 2.24) is 9.97 Å². The molecule has 2 aromatic rings. The van der Waals surface area contributed by atoms with Gasteiger partial charge in [0, 0.05) is 7.05 Å². The van der Waals surface area contributed by atoms with Crippen molar-refractivity contribution in [2.45, 2.75) is 25.7 Å². The lowest BCUT2D eigenvalue weighted by molar-refractivity contribution is 0.420. The molecule has 1 aliphatic rings. The predicted molar refractivity (Wildman–Crippen MR) is 74.7 cm³/mol. The standard InChI is InChI=1S/C15H16FN3O/c1-17-15-18-9-13(16)14(19-15)20-12-7-6-10-4-2-3-5-11(10)8-12/h6-9H,2-5H2,1H3,(H,17,18,19). The minimum absolute atomic E-state index is 0.0555. The molecule has 0 atom stereocenters. The van der Waals surface area contributed by atoms with Crippen LogP contribution in [-0.2, 0) is 12.8 Å². The van der Waals surface area contributed by atoms with E-state index in [4.69, 9.17) is 4.74 Å². The van der Waals surface area contributed by atoms with Crippen LogP contribution in [0, 0.1) is 5.82 Å². The van der Waals surface area contributed by atoms with E-state index in [1.807, 2.05) is 12.1 Å². The Morgan fingerprint density at radius 1 is 1.20 bits per heavy atom. The Hall–Kier alpha value is -2.17. The highest BCUT2D eigenvalue weighted by atomic mass is 19.1. The van der Waals surface area contributed by atoms with Crippen LogP contribution < -0.4 is 10.1 Å². The van der Waals surface area contributed by atoms with E-state index in [2.05, 4.69) is 21.4 Å². The van der Waals surface area contributed by atoms with Gasteiger partial charge in [-0.25, -0.2) is 4.98 Å². The molecule has 0 saturated heterocycles. The third-order valence-electron chi connectivity index (χ3n) is 3.47. The first-order valence-electron chi connectivity index (χ1n) is 6.76. The van der Waals surface area contributed by atoms with E-state index in [9.17, 15) is 4.39 Å². The molecule has 0 bridgehead atoms. The van der Waals surface area contributed by atoms with Gasteiger partial charge >= 0.3 is 0 Å². The first kappa shape index (κ1) is 12.8. The Balaban J connectivity index is 1.87. The molecule has 1 heterocycles. The van der Waals surface area contributed by atoms with Gasteiger partial charge in [0.25, 0.3) is 5.88 Å². The van der Waals surface area contributed by atoms with Gasteiger partial charge < -0.3 is 10.1 Å². The summed E-state index contributed by atoms with van der Waals surface area (Å²) in [5, 5.41) is 2.76. The highest BCUT2D eigenvalue weighted by Gasteiger charge is 2.13. The monoisotopic (exact) mass is 273 g/mol. The number of nitrogens with zero attached hydrogens (tertiary/aromatic N) is 2. The van der Waals surface area contributed by atoms with Crippen LogP contribution in [0.5, 0.6) is 11.6 Å². The molecule has 1 N–H and O–H groups in total. The van der Waals surface area contributed by atoms with Crippen molar-refractivity contribution in [3.8, 4) is 11.6 Å². The van der Waals surface area contributed by atoms with Gasteiger partial charge in [0.15, 0.2) is 0 Å². The molecular formula is C15H16FN3O. The van der Waals surface area contributed by atoms with Gasteiger partial charge in [-0.05, 0) is 48.9 Å². The van der Waals surface area contributed by atoms with Crippen LogP contribution in [0.4, 0.5) is 10.3 Å². The van der Waals surface area contributed by atoms with Crippen molar-refractivity contribution in [2.75, 3.05) is 12.4 Å². The topological polar surface area (TPSA) is 47.0 Å². The Kier molecular flexibility index (Phi) is 3.50. The van der Waals surface area contributed by atoms with Crippen molar-refractivity contribution in [3.63, 3.8) is 0 Å². The summed E-state index contributed by atoms with van der Waals surface area (Å²) in [6.45, 7) is 0. The van der Waals surface area contributed by atoms with Crippen LogP contribution in [0.2, 0.25) is 0 Å². The van der Waals surface area contributed by atoms with Gasteiger partial charge in [-0.15, -0.1) is 0 Å². The second kappa shape index (κ2) is 5.45. The predicted octanol–water partition coefficient (Wildman–Crippen LogP) is 3.33. The molecule has 1 aromatic heterocycles. The van der Waals surface area contributed by atoms with Crippen molar-refractivity contribution in [3.05, 3.63) is 41.3 Å². The molecule has 0 amide bonds. The molecular weight excluding hydrogens is 257 g/mol. The number of nitrogens with one attached hydrogen (secondary N) is 1. The summed E-state index contributed by atoms with van der Waals surface area (Å²) in [7, 11) is 1.68. The summed E-state index contributed by atoms with van der Waals surface area (Å²) in [6, 6.07) is 5.90. The molecule has 5 heteroatoms. The number of rotatable bonds is 3. The van der Waals surface area contributed by atoms with Crippen LogP contribution in [0.25, 0.3) is 0 Å². The normalized spacial score (nSPS) is 13.7. The number of benzene rings is 1. The molecule has 104 valence electrons. The molecule has 0 unspecified atom stereocenters. The number of anilines is 1. The average Bonchev–Trinajstić information content (AvgIpc) is 2.49. The van der Waals surface area contributed by atoms with Crippen molar-refractivity contribution in [2.24, 2.45) is 0 Å². The molecule has 0 fully saturated rings. The quantitative estimate of drug-likeness (QED) is 0.931. The number of fused-ring (bicyclic) bond motifs is 1. The highest BCUT2D eigenvalue weighted by molar-refractivity contribution is 5.39. The van der Waals surface area contributed by atoms with E-state index in [1.165, 1.54) is 24.0 Å². The molecule has 4 nitrogen and oxygen atoms in total. The van der Waals surface area contributed by atoms with Gasteiger partial charge in [-0.3, -0.25) is 0 Å². The summed E-state index contributed by atoms with van der Waals surface area (Å²) in [5.74, 6) is 0.325. The van der Waals surface area contributed by atoms with E-state index in [0.29, 0.717) is 11.7 Å². The lowest BCUT2D eigenvalue weighted by Crippen LogP contribution is -2.03. The Morgan fingerprint density at radius 2 is 2.00 bits per heavy atom. The zero-order chi connectivity index (χ0) is 13.9. The molecule has 0 radical (unpaired) electrons. The summed E-state index contributed by atoms with van der Waals surface area (Å²) >= 11 is 0. The maximum atomic E-state index is 13.7. The molecule has 1 aliphatic carbocycles. The second-order valence-electron chi connectivity index (χ2n) is 4.84. The molecule has 0 aliphatic heterocycles. The van der Waals surface area contributed by atoms with Crippen molar-refractivity contribution in [1.29, 1.82) is 0 Å². The Morgan fingerprint density at radius 3 is 2.80 bits per heavy atom. The maximum absolute atomic E-state index is 13.7. The van der Waals surface area contributed by atoms with Crippen LogP contribution in [0.1, 0.15) is 24.0 Å².